The highest BCUT2D eigenvalue weighted by Gasteiger charge is 2.13. The minimum Gasteiger partial charge on any atom is -0.354 e. The van der Waals surface area contributed by atoms with Crippen molar-refractivity contribution in [1.29, 1.82) is 0 Å². The minimum absolute atomic E-state index is 0.00395. The molecule has 0 spiro atoms. The van der Waals surface area contributed by atoms with Crippen molar-refractivity contribution < 1.29 is 14.0 Å². The van der Waals surface area contributed by atoms with Gasteiger partial charge in [-0.25, -0.2) is 4.39 Å². The molecular formula is C14H19FN2O2. The van der Waals surface area contributed by atoms with Crippen LogP contribution in [0.1, 0.15) is 36.2 Å². The van der Waals surface area contributed by atoms with E-state index >= 15 is 0 Å². The molecular weight excluding hydrogens is 247 g/mol. The Balaban J connectivity index is 2.48. The van der Waals surface area contributed by atoms with Crippen LogP contribution in [-0.2, 0) is 4.79 Å². The van der Waals surface area contributed by atoms with Gasteiger partial charge in [0.1, 0.15) is 5.82 Å². The van der Waals surface area contributed by atoms with E-state index in [1.807, 2.05) is 13.8 Å². The molecule has 0 aliphatic carbocycles. The van der Waals surface area contributed by atoms with Crippen molar-refractivity contribution in [3.63, 3.8) is 0 Å². The first kappa shape index (κ1) is 15.1. The molecule has 1 aromatic rings. The van der Waals surface area contributed by atoms with Crippen molar-refractivity contribution in [3.8, 4) is 0 Å². The normalized spacial score (nSPS) is 10.4. The average Bonchev–Trinajstić information content (AvgIpc) is 2.31. The lowest BCUT2D eigenvalue weighted by Gasteiger charge is -2.09. The van der Waals surface area contributed by atoms with Crippen LogP contribution in [0.3, 0.4) is 0 Å². The van der Waals surface area contributed by atoms with E-state index in [0.29, 0.717) is 5.56 Å². The van der Waals surface area contributed by atoms with Gasteiger partial charge in [-0.3, -0.25) is 9.59 Å². The molecule has 2 amide bonds. The van der Waals surface area contributed by atoms with Crippen LogP contribution in [0.15, 0.2) is 18.2 Å². The van der Waals surface area contributed by atoms with Gasteiger partial charge in [-0.05, 0) is 32.4 Å². The van der Waals surface area contributed by atoms with E-state index in [4.69, 9.17) is 0 Å². The Kier molecular flexibility index (Phi) is 5.48. The number of hydrogen-bond acceptors (Lipinski definition) is 2. The monoisotopic (exact) mass is 266 g/mol. The summed E-state index contributed by atoms with van der Waals surface area (Å²) in [6.45, 7) is 5.50. The molecule has 0 atom stereocenters. The maximum Gasteiger partial charge on any atom is 0.254 e. The van der Waals surface area contributed by atoms with Gasteiger partial charge in [0.15, 0.2) is 0 Å². The highest BCUT2D eigenvalue weighted by atomic mass is 19.1. The second-order valence-electron chi connectivity index (χ2n) is 4.66. The number of nitrogens with one attached hydrogen (secondary N) is 2. The van der Waals surface area contributed by atoms with Crippen molar-refractivity contribution in [2.45, 2.75) is 33.2 Å². The van der Waals surface area contributed by atoms with Gasteiger partial charge in [0.25, 0.3) is 5.91 Å². The lowest BCUT2D eigenvalue weighted by Crippen LogP contribution is -2.34. The predicted molar refractivity (Wildman–Crippen MR) is 71.4 cm³/mol. The molecule has 0 aliphatic heterocycles. The molecule has 4 nitrogen and oxygen atoms in total. The van der Waals surface area contributed by atoms with Crippen LogP contribution >= 0.6 is 0 Å². The molecule has 0 heterocycles. The highest BCUT2D eigenvalue weighted by molar-refractivity contribution is 5.94. The number of rotatable bonds is 5. The van der Waals surface area contributed by atoms with Gasteiger partial charge in [0.2, 0.25) is 5.91 Å². The standard InChI is InChI=1S/C14H19FN2O2/c1-9(2)17-12(18)7-8-16-14(19)11-6-4-5-10(3)13(11)15/h4-6,9H,7-8H2,1-3H3,(H,16,19)(H,17,18). The zero-order valence-electron chi connectivity index (χ0n) is 11.4. The molecule has 0 unspecified atom stereocenters. The van der Waals surface area contributed by atoms with E-state index in [-0.39, 0.29) is 30.5 Å². The van der Waals surface area contributed by atoms with E-state index in [1.165, 1.54) is 6.07 Å². The molecule has 0 aliphatic rings. The first-order valence-electron chi connectivity index (χ1n) is 6.24. The van der Waals surface area contributed by atoms with Gasteiger partial charge in [-0.15, -0.1) is 0 Å². The summed E-state index contributed by atoms with van der Waals surface area (Å²) in [6, 6.07) is 4.71. The number of hydrogen-bond donors (Lipinski definition) is 2. The van der Waals surface area contributed by atoms with Crippen LogP contribution in [0, 0.1) is 12.7 Å². The van der Waals surface area contributed by atoms with Gasteiger partial charge in [0, 0.05) is 19.0 Å². The summed E-state index contributed by atoms with van der Waals surface area (Å²) >= 11 is 0. The number of carbonyl (C=O) groups excluding carboxylic acids is 2. The number of amides is 2. The van der Waals surface area contributed by atoms with E-state index < -0.39 is 11.7 Å². The fraction of sp³-hybridized carbons (Fsp3) is 0.429. The summed E-state index contributed by atoms with van der Waals surface area (Å²) in [4.78, 5) is 23.1. The van der Waals surface area contributed by atoms with Crippen LogP contribution in [0.2, 0.25) is 0 Å². The number of halogens is 1. The largest absolute Gasteiger partial charge is 0.354 e. The van der Waals surface area contributed by atoms with Gasteiger partial charge >= 0.3 is 0 Å². The van der Waals surface area contributed by atoms with Crippen molar-refractivity contribution in [3.05, 3.63) is 35.1 Å². The molecule has 0 saturated carbocycles. The van der Waals surface area contributed by atoms with Crippen LogP contribution in [-0.4, -0.2) is 24.4 Å². The average molecular weight is 266 g/mol. The van der Waals surface area contributed by atoms with Crippen LogP contribution in [0.4, 0.5) is 4.39 Å². The fourth-order valence-electron chi connectivity index (χ4n) is 1.60. The lowest BCUT2D eigenvalue weighted by molar-refractivity contribution is -0.121. The molecule has 1 rings (SSSR count). The molecule has 0 saturated heterocycles. The maximum absolute atomic E-state index is 13.7. The number of benzene rings is 1. The van der Waals surface area contributed by atoms with Gasteiger partial charge in [0.05, 0.1) is 5.56 Å². The Morgan fingerprint density at radius 1 is 1.32 bits per heavy atom. The van der Waals surface area contributed by atoms with Crippen LogP contribution in [0.5, 0.6) is 0 Å². The Labute approximate surface area is 112 Å². The first-order chi connectivity index (χ1) is 8.91. The highest BCUT2D eigenvalue weighted by Crippen LogP contribution is 2.11. The Hall–Kier alpha value is -1.91. The van der Waals surface area contributed by atoms with Gasteiger partial charge < -0.3 is 10.6 Å². The molecule has 104 valence electrons. The van der Waals surface area contributed by atoms with E-state index in [0.717, 1.165) is 0 Å². The Bertz CT molecular complexity index is 473. The molecule has 1 aromatic carbocycles. The van der Waals surface area contributed by atoms with E-state index in [9.17, 15) is 14.0 Å². The van der Waals surface area contributed by atoms with Gasteiger partial charge in [-0.2, -0.15) is 0 Å². The zero-order valence-corrected chi connectivity index (χ0v) is 11.4. The maximum atomic E-state index is 13.7. The predicted octanol–water partition coefficient (Wildman–Crippen LogP) is 1.78. The van der Waals surface area contributed by atoms with E-state index in [2.05, 4.69) is 10.6 Å². The minimum atomic E-state index is -0.522. The van der Waals surface area contributed by atoms with Crippen molar-refractivity contribution in [1.82, 2.24) is 10.6 Å². The van der Waals surface area contributed by atoms with E-state index in [1.54, 1.807) is 19.1 Å². The first-order valence-corrected chi connectivity index (χ1v) is 6.24. The van der Waals surface area contributed by atoms with Crippen molar-refractivity contribution >= 4 is 11.8 Å². The summed E-state index contributed by atoms with van der Waals surface area (Å²) in [5.41, 5.74) is 0.425. The number of carbonyl (C=O) groups is 2. The fourth-order valence-corrected chi connectivity index (χ4v) is 1.60. The topological polar surface area (TPSA) is 58.2 Å². The SMILES string of the molecule is Cc1cccc(C(=O)NCCC(=O)NC(C)C)c1F. The zero-order chi connectivity index (χ0) is 14.4. The van der Waals surface area contributed by atoms with Crippen molar-refractivity contribution in [2.24, 2.45) is 0 Å². The quantitative estimate of drug-likeness (QED) is 0.853. The van der Waals surface area contributed by atoms with Crippen molar-refractivity contribution in [2.75, 3.05) is 6.54 Å². The summed E-state index contributed by atoms with van der Waals surface area (Å²) in [7, 11) is 0. The molecule has 0 radical (unpaired) electrons. The summed E-state index contributed by atoms with van der Waals surface area (Å²) in [5.74, 6) is -1.16. The molecule has 2 N–H and O–H groups in total. The molecule has 0 aromatic heterocycles. The number of aryl methyl sites for hydroxylation is 1. The second kappa shape index (κ2) is 6.87. The summed E-state index contributed by atoms with van der Waals surface area (Å²) < 4.78 is 13.7. The molecule has 0 fully saturated rings. The lowest BCUT2D eigenvalue weighted by atomic mass is 10.1. The smallest absolute Gasteiger partial charge is 0.254 e. The third-order valence-electron chi connectivity index (χ3n) is 2.52. The third-order valence-corrected chi connectivity index (χ3v) is 2.52. The molecule has 5 heteroatoms. The Morgan fingerprint density at radius 2 is 2.00 bits per heavy atom. The van der Waals surface area contributed by atoms with Gasteiger partial charge in [-0.1, -0.05) is 12.1 Å². The summed E-state index contributed by atoms with van der Waals surface area (Å²) in [5, 5.41) is 5.24. The van der Waals surface area contributed by atoms with Crippen LogP contribution in [0.25, 0.3) is 0 Å². The third kappa shape index (κ3) is 4.69. The second-order valence-corrected chi connectivity index (χ2v) is 4.66. The molecule has 19 heavy (non-hydrogen) atoms. The van der Waals surface area contributed by atoms with Crippen LogP contribution < -0.4 is 10.6 Å². The Morgan fingerprint density at radius 3 is 2.63 bits per heavy atom. The molecule has 0 bridgehead atoms. The summed E-state index contributed by atoms with van der Waals surface area (Å²) in [6.07, 6.45) is 0.178.